The molecule has 0 saturated carbocycles. The normalized spacial score (nSPS) is 26.4. The standard InChI is InChI=1S/C20H25N3O3.BH3/c1-3-4-15-11-16(19-21-14(2)26-22-19)5-6-18(15)25-13-20(24)12-23-9-7-17(20)8-10-23;/h3,5-6,11,17,24H,1,4,7-10,12-13H2,2H3;1H3. The van der Waals surface area contributed by atoms with Crippen LogP contribution in [0, 0.1) is 12.8 Å². The van der Waals surface area contributed by atoms with Gasteiger partial charge in [-0.15, -0.1) is 6.58 Å². The van der Waals surface area contributed by atoms with Crippen molar-refractivity contribution in [1.29, 1.82) is 0 Å². The number of nitrogens with zero attached hydrogens (tertiary/aromatic N) is 3. The predicted molar refractivity (Wildman–Crippen MR) is 108 cm³/mol. The van der Waals surface area contributed by atoms with Crippen molar-refractivity contribution in [1.82, 2.24) is 15.0 Å². The third-order valence-corrected chi connectivity index (χ3v) is 5.53. The fourth-order valence-electron chi connectivity index (χ4n) is 4.10. The van der Waals surface area contributed by atoms with Crippen molar-refractivity contribution in [2.75, 3.05) is 26.2 Å². The number of fused-ring (bicyclic) bond motifs is 3. The summed E-state index contributed by atoms with van der Waals surface area (Å²) in [6.07, 6.45) is 4.62. The molecule has 0 amide bonds. The highest BCUT2D eigenvalue weighted by atomic mass is 16.5. The van der Waals surface area contributed by atoms with Gasteiger partial charge in [0.1, 0.15) is 18.0 Å². The molecule has 3 saturated heterocycles. The zero-order valence-electron chi connectivity index (χ0n) is 15.1. The number of rotatable bonds is 6. The number of ether oxygens (including phenoxy) is 1. The lowest BCUT2D eigenvalue weighted by atomic mass is 9.76. The van der Waals surface area contributed by atoms with Gasteiger partial charge in [-0.2, -0.15) is 4.98 Å². The van der Waals surface area contributed by atoms with E-state index in [9.17, 15) is 5.11 Å². The van der Waals surface area contributed by atoms with Crippen LogP contribution in [0.1, 0.15) is 24.3 Å². The zero-order valence-corrected chi connectivity index (χ0v) is 15.1. The smallest absolute Gasteiger partial charge is 0.223 e. The van der Waals surface area contributed by atoms with E-state index < -0.39 is 5.60 Å². The van der Waals surface area contributed by atoms with Crippen LogP contribution in [0.25, 0.3) is 11.4 Å². The largest absolute Gasteiger partial charge is 0.490 e. The first-order valence-electron chi connectivity index (χ1n) is 9.19. The highest BCUT2D eigenvalue weighted by molar-refractivity contribution is 5.75. The molecule has 1 aromatic heterocycles. The molecule has 0 spiro atoms. The van der Waals surface area contributed by atoms with Gasteiger partial charge in [0.2, 0.25) is 11.7 Å². The lowest BCUT2D eigenvalue weighted by Crippen LogP contribution is -2.61. The summed E-state index contributed by atoms with van der Waals surface area (Å²) in [6, 6.07) is 5.85. The van der Waals surface area contributed by atoms with Crippen LogP contribution in [-0.2, 0) is 6.42 Å². The van der Waals surface area contributed by atoms with Gasteiger partial charge in [-0.3, -0.25) is 0 Å². The molecule has 144 valence electrons. The number of hydrogen-bond donors (Lipinski definition) is 1. The number of allylic oxidation sites excluding steroid dienone is 1. The second-order valence-electron chi connectivity index (χ2n) is 7.39. The summed E-state index contributed by atoms with van der Waals surface area (Å²) in [4.78, 5) is 6.61. The summed E-state index contributed by atoms with van der Waals surface area (Å²) in [6.45, 7) is 8.81. The van der Waals surface area contributed by atoms with Crippen LogP contribution in [0.3, 0.4) is 0 Å². The number of aromatic nitrogens is 2. The highest BCUT2D eigenvalue weighted by Crippen LogP contribution is 2.36. The number of piperidine rings is 3. The van der Waals surface area contributed by atoms with E-state index in [-0.39, 0.29) is 8.41 Å². The summed E-state index contributed by atoms with van der Waals surface area (Å²) in [7, 11) is 0. The molecule has 7 heteroatoms. The molecule has 1 aromatic carbocycles. The Hall–Kier alpha value is -2.12. The molecule has 1 unspecified atom stereocenters. The van der Waals surface area contributed by atoms with Gasteiger partial charge in [0, 0.05) is 19.0 Å². The van der Waals surface area contributed by atoms with Crippen LogP contribution < -0.4 is 4.74 Å². The van der Waals surface area contributed by atoms with Gasteiger partial charge in [-0.1, -0.05) is 11.2 Å². The molecule has 0 radical (unpaired) electrons. The van der Waals surface area contributed by atoms with Gasteiger partial charge in [0.15, 0.2) is 0 Å². The number of hydrogen-bond acceptors (Lipinski definition) is 6. The van der Waals surface area contributed by atoms with E-state index >= 15 is 0 Å². The van der Waals surface area contributed by atoms with Crippen molar-refractivity contribution in [2.45, 2.75) is 31.8 Å². The monoisotopic (exact) mass is 369 g/mol. The molecule has 6 nitrogen and oxygen atoms in total. The van der Waals surface area contributed by atoms with E-state index in [1.165, 1.54) is 0 Å². The van der Waals surface area contributed by atoms with Crippen molar-refractivity contribution < 1.29 is 14.4 Å². The Kier molecular flexibility index (Phi) is 5.72. The summed E-state index contributed by atoms with van der Waals surface area (Å²) in [5.41, 5.74) is 1.13. The van der Waals surface area contributed by atoms with Crippen LogP contribution in [0.2, 0.25) is 0 Å². The Morgan fingerprint density at radius 2 is 2.19 bits per heavy atom. The Morgan fingerprint density at radius 1 is 1.41 bits per heavy atom. The van der Waals surface area contributed by atoms with Gasteiger partial charge in [-0.05, 0) is 62.0 Å². The molecule has 27 heavy (non-hydrogen) atoms. The van der Waals surface area contributed by atoms with E-state index in [2.05, 4.69) is 21.6 Å². The van der Waals surface area contributed by atoms with Gasteiger partial charge in [0.25, 0.3) is 0 Å². The maximum atomic E-state index is 11.1. The molecule has 2 bridgehead atoms. The minimum Gasteiger partial charge on any atom is -0.490 e. The summed E-state index contributed by atoms with van der Waals surface area (Å²) in [5.74, 6) is 2.21. The van der Waals surface area contributed by atoms with Gasteiger partial charge in [0.05, 0.1) is 8.41 Å². The fourth-order valence-corrected chi connectivity index (χ4v) is 4.10. The SMILES string of the molecule is B.C=CCc1cc(-c2noc(C)n2)ccc1OCC1(O)CN2CCC1CC2. The average molecular weight is 369 g/mol. The second kappa shape index (κ2) is 7.86. The maximum absolute atomic E-state index is 11.1. The number of aryl methyl sites for hydroxylation is 1. The molecule has 5 rings (SSSR count). The maximum Gasteiger partial charge on any atom is 0.223 e. The van der Waals surface area contributed by atoms with Gasteiger partial charge < -0.3 is 19.3 Å². The van der Waals surface area contributed by atoms with Crippen molar-refractivity contribution in [3.63, 3.8) is 0 Å². The first kappa shape index (κ1) is 19.6. The average Bonchev–Trinajstić information content (AvgIpc) is 3.08. The number of aliphatic hydroxyl groups is 1. The van der Waals surface area contributed by atoms with Crippen LogP contribution >= 0.6 is 0 Å². The lowest BCUT2D eigenvalue weighted by molar-refractivity contribution is -0.131. The molecule has 1 N–H and O–H groups in total. The molecular weight excluding hydrogens is 341 g/mol. The fraction of sp³-hybridized carbons (Fsp3) is 0.500. The lowest BCUT2D eigenvalue weighted by Gasteiger charge is -2.50. The van der Waals surface area contributed by atoms with Crippen molar-refractivity contribution in [2.24, 2.45) is 5.92 Å². The van der Waals surface area contributed by atoms with E-state index in [4.69, 9.17) is 9.26 Å². The molecule has 1 atom stereocenters. The van der Waals surface area contributed by atoms with E-state index in [1.807, 2.05) is 24.3 Å². The van der Waals surface area contributed by atoms with Gasteiger partial charge in [-0.25, -0.2) is 0 Å². The Morgan fingerprint density at radius 3 is 2.78 bits per heavy atom. The van der Waals surface area contributed by atoms with Gasteiger partial charge >= 0.3 is 0 Å². The van der Waals surface area contributed by atoms with Crippen LogP contribution in [-0.4, -0.2) is 60.4 Å². The second-order valence-corrected chi connectivity index (χ2v) is 7.39. The molecule has 0 aliphatic carbocycles. The first-order valence-corrected chi connectivity index (χ1v) is 9.19. The Bertz CT molecular complexity index is 802. The zero-order chi connectivity index (χ0) is 18.1. The molecule has 4 heterocycles. The molecule has 3 aliphatic heterocycles. The molecule has 3 aliphatic rings. The topological polar surface area (TPSA) is 71.6 Å². The quantitative estimate of drug-likeness (QED) is 0.614. The van der Waals surface area contributed by atoms with E-state index in [0.717, 1.165) is 42.8 Å². The minimum atomic E-state index is -0.759. The van der Waals surface area contributed by atoms with Crippen LogP contribution in [0.15, 0.2) is 35.4 Å². The predicted octanol–water partition coefficient (Wildman–Crippen LogP) is 1.43. The van der Waals surface area contributed by atoms with Crippen molar-refractivity contribution in [3.05, 3.63) is 42.3 Å². The third-order valence-electron chi connectivity index (χ3n) is 5.53. The summed E-state index contributed by atoms with van der Waals surface area (Å²) < 4.78 is 11.2. The first-order chi connectivity index (χ1) is 12.6. The highest BCUT2D eigenvalue weighted by Gasteiger charge is 2.46. The molecule has 2 aromatic rings. The molecular formula is C20H28BN3O3. The summed E-state index contributed by atoms with van der Waals surface area (Å²) >= 11 is 0. The Labute approximate surface area is 161 Å². The summed E-state index contributed by atoms with van der Waals surface area (Å²) in [5, 5.41) is 15.0. The van der Waals surface area contributed by atoms with Crippen molar-refractivity contribution >= 4 is 8.41 Å². The Balaban J connectivity index is 0.00000210. The minimum absolute atomic E-state index is 0. The molecule has 3 fully saturated rings. The third kappa shape index (κ3) is 3.94. The van der Waals surface area contributed by atoms with Crippen LogP contribution in [0.4, 0.5) is 0 Å². The van der Waals surface area contributed by atoms with E-state index in [0.29, 0.717) is 37.2 Å². The van der Waals surface area contributed by atoms with Crippen LogP contribution in [0.5, 0.6) is 5.75 Å². The van der Waals surface area contributed by atoms with E-state index in [1.54, 1.807) is 6.92 Å². The van der Waals surface area contributed by atoms with Crippen molar-refractivity contribution in [3.8, 4) is 17.1 Å². The number of benzene rings is 1.